The number of esters is 1. The summed E-state index contributed by atoms with van der Waals surface area (Å²) in [5, 5.41) is 0.169. The van der Waals surface area contributed by atoms with Gasteiger partial charge in [0, 0.05) is 31.9 Å². The summed E-state index contributed by atoms with van der Waals surface area (Å²) >= 11 is 0. The van der Waals surface area contributed by atoms with Crippen LogP contribution in [0.1, 0.15) is 45.2 Å². The molecule has 2 heterocycles. The second kappa shape index (κ2) is 7.58. The Bertz CT molecular complexity index is 1250. The minimum Gasteiger partial charge on any atom is -0.457 e. The maximum absolute atomic E-state index is 12.4. The van der Waals surface area contributed by atoms with Gasteiger partial charge in [0.2, 0.25) is 0 Å². The number of carbonyl (C=O) groups excluding carboxylic acids is 2. The number of carbonyl (C=O) groups is 2. The minimum atomic E-state index is -0.638. The van der Waals surface area contributed by atoms with E-state index in [0.29, 0.717) is 11.1 Å². The number of benzene rings is 1. The summed E-state index contributed by atoms with van der Waals surface area (Å²) in [7, 11) is 3.34. The second-order valence-electron chi connectivity index (χ2n) is 7.43. The van der Waals surface area contributed by atoms with Crippen molar-refractivity contribution in [2.24, 2.45) is 0 Å². The highest BCUT2D eigenvalue weighted by Crippen LogP contribution is 2.34. The number of nitrogens with zero attached hydrogens (tertiary/aromatic N) is 3. The standard InChI is InChI=1S/C21H20N4O5/c1-24(2)19(27)13-5-3-12(4-6-13)11-30-20(28)14-9-16-17(22-10-14)25(15-7-8-15)21(29)23-18(16)26/h3-6,9-10,15H,7-8,11H2,1-2H3,(H,23,26,29). The SMILES string of the molecule is CN(C)C(=O)c1ccc(COC(=O)c2cnc3c(c2)c(=O)[nH]c(=O)n3C2CC2)cc1. The second-order valence-corrected chi connectivity index (χ2v) is 7.43. The molecule has 0 saturated heterocycles. The van der Waals surface area contributed by atoms with Crippen LogP contribution >= 0.6 is 0 Å². The smallest absolute Gasteiger partial charge is 0.340 e. The molecule has 0 aliphatic heterocycles. The molecule has 3 aromatic rings. The summed E-state index contributed by atoms with van der Waals surface area (Å²) in [6.45, 7) is 0.00519. The first-order valence-corrected chi connectivity index (χ1v) is 9.47. The Kier molecular flexibility index (Phi) is 4.94. The van der Waals surface area contributed by atoms with E-state index in [1.165, 1.54) is 21.7 Å². The van der Waals surface area contributed by atoms with Gasteiger partial charge in [-0.15, -0.1) is 0 Å². The molecule has 1 aliphatic carbocycles. The largest absolute Gasteiger partial charge is 0.457 e. The number of nitrogens with one attached hydrogen (secondary N) is 1. The minimum absolute atomic E-state index is 0.00519. The van der Waals surface area contributed by atoms with E-state index in [4.69, 9.17) is 4.74 Å². The topological polar surface area (TPSA) is 114 Å². The first-order valence-electron chi connectivity index (χ1n) is 9.47. The average molecular weight is 408 g/mol. The molecule has 1 aliphatic rings. The summed E-state index contributed by atoms with van der Waals surface area (Å²) in [4.78, 5) is 56.6. The molecule has 2 aromatic heterocycles. The Hall–Kier alpha value is -3.75. The van der Waals surface area contributed by atoms with Crippen LogP contribution in [-0.4, -0.2) is 45.4 Å². The van der Waals surface area contributed by atoms with Crippen LogP contribution in [0.4, 0.5) is 0 Å². The van der Waals surface area contributed by atoms with Gasteiger partial charge in [-0.25, -0.2) is 14.6 Å². The third-order valence-electron chi connectivity index (χ3n) is 4.90. The van der Waals surface area contributed by atoms with Crippen molar-refractivity contribution in [1.82, 2.24) is 19.4 Å². The lowest BCUT2D eigenvalue weighted by Crippen LogP contribution is -2.30. The van der Waals surface area contributed by atoms with Crippen molar-refractivity contribution in [1.29, 1.82) is 0 Å². The molecule has 1 saturated carbocycles. The Morgan fingerprint density at radius 2 is 1.87 bits per heavy atom. The van der Waals surface area contributed by atoms with Gasteiger partial charge >= 0.3 is 11.7 Å². The molecule has 0 atom stereocenters. The Morgan fingerprint density at radius 1 is 1.17 bits per heavy atom. The van der Waals surface area contributed by atoms with Crippen LogP contribution in [0.3, 0.4) is 0 Å². The fraction of sp³-hybridized carbons (Fsp3) is 0.286. The molecule has 0 unspecified atom stereocenters. The molecule has 0 bridgehead atoms. The normalized spacial score (nSPS) is 13.3. The fourth-order valence-electron chi connectivity index (χ4n) is 3.15. The number of hydrogen-bond donors (Lipinski definition) is 1. The molecule has 154 valence electrons. The predicted octanol–water partition coefficient (Wildman–Crippen LogP) is 1.48. The predicted molar refractivity (Wildman–Crippen MR) is 108 cm³/mol. The van der Waals surface area contributed by atoms with E-state index in [1.807, 2.05) is 0 Å². The summed E-state index contributed by atoms with van der Waals surface area (Å²) < 4.78 is 6.77. The highest BCUT2D eigenvalue weighted by Gasteiger charge is 2.28. The van der Waals surface area contributed by atoms with Gasteiger partial charge in [-0.3, -0.25) is 19.1 Å². The lowest BCUT2D eigenvalue weighted by atomic mass is 10.1. The van der Waals surface area contributed by atoms with Gasteiger partial charge < -0.3 is 9.64 Å². The van der Waals surface area contributed by atoms with Crippen molar-refractivity contribution in [2.45, 2.75) is 25.5 Å². The fourth-order valence-corrected chi connectivity index (χ4v) is 3.15. The molecule has 1 N–H and O–H groups in total. The Labute approximate surface area is 170 Å². The van der Waals surface area contributed by atoms with Crippen molar-refractivity contribution < 1.29 is 14.3 Å². The molecule has 1 fully saturated rings. The van der Waals surface area contributed by atoms with Crippen molar-refractivity contribution >= 4 is 22.9 Å². The molecule has 9 nitrogen and oxygen atoms in total. The van der Waals surface area contributed by atoms with Crippen LogP contribution in [0, 0.1) is 0 Å². The van der Waals surface area contributed by atoms with Gasteiger partial charge in [0.05, 0.1) is 10.9 Å². The van der Waals surface area contributed by atoms with Crippen LogP contribution in [0.2, 0.25) is 0 Å². The first kappa shape index (κ1) is 19.6. The van der Waals surface area contributed by atoms with Gasteiger partial charge in [0.1, 0.15) is 12.3 Å². The van der Waals surface area contributed by atoms with Crippen molar-refractivity contribution in [3.8, 4) is 0 Å². The van der Waals surface area contributed by atoms with Gasteiger partial charge in [0.15, 0.2) is 0 Å². The molecule has 1 aromatic carbocycles. The van der Waals surface area contributed by atoms with Gasteiger partial charge in [-0.2, -0.15) is 0 Å². The van der Waals surface area contributed by atoms with Gasteiger partial charge in [-0.05, 0) is 36.6 Å². The molecule has 0 radical (unpaired) electrons. The number of pyridine rings is 1. The van der Waals surface area contributed by atoms with Crippen LogP contribution in [-0.2, 0) is 11.3 Å². The monoisotopic (exact) mass is 408 g/mol. The van der Waals surface area contributed by atoms with Crippen LogP contribution in [0.5, 0.6) is 0 Å². The number of fused-ring (bicyclic) bond motifs is 1. The molecular weight excluding hydrogens is 388 g/mol. The van der Waals surface area contributed by atoms with E-state index in [2.05, 4.69) is 9.97 Å². The lowest BCUT2D eigenvalue weighted by molar-refractivity contribution is 0.0472. The van der Waals surface area contributed by atoms with E-state index < -0.39 is 17.2 Å². The molecule has 0 spiro atoms. The highest BCUT2D eigenvalue weighted by molar-refractivity contribution is 5.94. The van der Waals surface area contributed by atoms with Crippen LogP contribution in [0.15, 0.2) is 46.1 Å². The molecule has 4 rings (SSSR count). The number of aromatic nitrogens is 3. The summed E-state index contributed by atoms with van der Waals surface area (Å²) in [5.74, 6) is -0.753. The summed E-state index contributed by atoms with van der Waals surface area (Å²) in [6, 6.07) is 8.17. The van der Waals surface area contributed by atoms with Crippen molar-refractivity contribution in [3.63, 3.8) is 0 Å². The molecular formula is C21H20N4O5. The zero-order valence-corrected chi connectivity index (χ0v) is 16.5. The molecule has 1 amide bonds. The number of aromatic amines is 1. The van der Waals surface area contributed by atoms with Crippen LogP contribution in [0.25, 0.3) is 11.0 Å². The van der Waals surface area contributed by atoms with Crippen LogP contribution < -0.4 is 11.2 Å². The van der Waals surface area contributed by atoms with Crippen molar-refractivity contribution in [2.75, 3.05) is 14.1 Å². The lowest BCUT2D eigenvalue weighted by Gasteiger charge is -2.11. The number of ether oxygens (including phenoxy) is 1. The van der Waals surface area contributed by atoms with E-state index >= 15 is 0 Å². The summed E-state index contributed by atoms with van der Waals surface area (Å²) in [5.41, 5.74) is 0.559. The quantitative estimate of drug-likeness (QED) is 0.640. The van der Waals surface area contributed by atoms with E-state index in [0.717, 1.165) is 12.8 Å². The van der Waals surface area contributed by atoms with Gasteiger partial charge in [-0.1, -0.05) is 12.1 Å². The average Bonchev–Trinajstić information content (AvgIpc) is 3.56. The third-order valence-corrected chi connectivity index (χ3v) is 4.90. The number of amides is 1. The molecule has 9 heteroatoms. The van der Waals surface area contributed by atoms with Gasteiger partial charge in [0.25, 0.3) is 11.5 Å². The number of H-pyrrole nitrogens is 1. The first-order chi connectivity index (χ1) is 14.3. The number of rotatable bonds is 5. The highest BCUT2D eigenvalue weighted by atomic mass is 16.5. The van der Waals surface area contributed by atoms with E-state index in [9.17, 15) is 19.2 Å². The maximum Gasteiger partial charge on any atom is 0.340 e. The maximum atomic E-state index is 12.4. The van der Waals surface area contributed by atoms with E-state index in [-0.39, 0.29) is 35.2 Å². The third kappa shape index (κ3) is 3.73. The molecule has 30 heavy (non-hydrogen) atoms. The zero-order chi connectivity index (χ0) is 21.4. The number of hydrogen-bond acceptors (Lipinski definition) is 6. The Balaban J connectivity index is 1.52. The van der Waals surface area contributed by atoms with Crippen molar-refractivity contribution in [3.05, 3.63) is 74.1 Å². The zero-order valence-electron chi connectivity index (χ0n) is 16.5. The summed E-state index contributed by atoms with van der Waals surface area (Å²) in [6.07, 6.45) is 3.01. The Morgan fingerprint density at radius 3 is 2.50 bits per heavy atom. The van der Waals surface area contributed by atoms with E-state index in [1.54, 1.807) is 38.4 Å².